The number of carboxylic acids is 1. The number of aliphatic hydroxyl groups excluding tert-OH is 2. The molecule has 1 aromatic carbocycles. The highest BCUT2D eigenvalue weighted by atomic mass is 16.6. The molecule has 1 aliphatic rings. The van der Waals surface area contributed by atoms with E-state index in [0.29, 0.717) is 5.56 Å². The lowest BCUT2D eigenvalue weighted by Crippen LogP contribution is -2.57. The standard InChI is InChI=1S/C16H18O9/c17-9-3-1-8(5-10(9)18)2-4-13(20)25-12-7-16(24,15(22)23)6-11(19)14(12)21/h1-5,11-12,14,17-19,21,24H,6-7H2,(H,22,23)/t11-,12?,14?,16?/m0/s1. The Morgan fingerprint density at radius 3 is 2.44 bits per heavy atom. The van der Waals surface area contributed by atoms with Gasteiger partial charge in [0, 0.05) is 18.9 Å². The van der Waals surface area contributed by atoms with E-state index in [0.717, 1.165) is 6.08 Å². The van der Waals surface area contributed by atoms with Crippen molar-refractivity contribution in [2.24, 2.45) is 0 Å². The number of carboxylic acid groups (broad SMARTS) is 1. The van der Waals surface area contributed by atoms with Crippen molar-refractivity contribution in [3.05, 3.63) is 29.8 Å². The molecule has 0 heterocycles. The molecule has 0 aromatic heterocycles. The van der Waals surface area contributed by atoms with Crippen LogP contribution < -0.4 is 0 Å². The van der Waals surface area contributed by atoms with E-state index < -0.39 is 48.7 Å². The summed E-state index contributed by atoms with van der Waals surface area (Å²) in [6, 6.07) is 3.83. The van der Waals surface area contributed by atoms with Crippen LogP contribution in [0.4, 0.5) is 0 Å². The third kappa shape index (κ3) is 4.27. The summed E-state index contributed by atoms with van der Waals surface area (Å²) in [6.45, 7) is 0. The van der Waals surface area contributed by atoms with E-state index in [1.54, 1.807) is 0 Å². The molecule has 1 fully saturated rings. The van der Waals surface area contributed by atoms with Gasteiger partial charge in [0.1, 0.15) is 12.2 Å². The Kier molecular flexibility index (Phi) is 5.31. The molecule has 0 bridgehead atoms. The Hall–Kier alpha value is -2.62. The monoisotopic (exact) mass is 354 g/mol. The summed E-state index contributed by atoms with van der Waals surface area (Å²) in [4.78, 5) is 22.9. The zero-order chi connectivity index (χ0) is 18.8. The number of phenols is 2. The number of aromatic hydroxyl groups is 2. The smallest absolute Gasteiger partial charge is 0.335 e. The first-order valence-electron chi connectivity index (χ1n) is 7.35. The van der Waals surface area contributed by atoms with Crippen molar-refractivity contribution in [2.45, 2.75) is 36.8 Å². The first-order valence-corrected chi connectivity index (χ1v) is 7.35. The number of aliphatic hydroxyl groups is 3. The Morgan fingerprint density at radius 2 is 1.84 bits per heavy atom. The molecule has 4 atom stereocenters. The zero-order valence-corrected chi connectivity index (χ0v) is 12.9. The fraction of sp³-hybridized carbons (Fsp3) is 0.375. The fourth-order valence-electron chi connectivity index (χ4n) is 2.53. The second-order valence-electron chi connectivity index (χ2n) is 5.86. The fourth-order valence-corrected chi connectivity index (χ4v) is 2.53. The first kappa shape index (κ1) is 18.7. The van der Waals surface area contributed by atoms with E-state index in [1.807, 2.05) is 0 Å². The lowest BCUT2D eigenvalue weighted by Gasteiger charge is -2.39. The third-order valence-corrected chi connectivity index (χ3v) is 3.94. The van der Waals surface area contributed by atoms with Crippen LogP contribution in [0.2, 0.25) is 0 Å². The maximum absolute atomic E-state index is 11.8. The van der Waals surface area contributed by atoms with Crippen LogP contribution in [0.3, 0.4) is 0 Å². The van der Waals surface area contributed by atoms with Gasteiger partial charge in [0.15, 0.2) is 17.1 Å². The van der Waals surface area contributed by atoms with Gasteiger partial charge in [0.2, 0.25) is 0 Å². The van der Waals surface area contributed by atoms with Crippen LogP contribution >= 0.6 is 0 Å². The average molecular weight is 354 g/mol. The second-order valence-corrected chi connectivity index (χ2v) is 5.86. The van der Waals surface area contributed by atoms with E-state index >= 15 is 0 Å². The summed E-state index contributed by atoms with van der Waals surface area (Å²) >= 11 is 0. The van der Waals surface area contributed by atoms with Crippen LogP contribution in [-0.4, -0.2) is 66.5 Å². The maximum atomic E-state index is 11.8. The van der Waals surface area contributed by atoms with E-state index in [1.165, 1.54) is 24.3 Å². The summed E-state index contributed by atoms with van der Waals surface area (Å²) in [5.74, 6) is -3.24. The summed E-state index contributed by atoms with van der Waals surface area (Å²) in [7, 11) is 0. The van der Waals surface area contributed by atoms with Crippen LogP contribution in [0.5, 0.6) is 11.5 Å². The quantitative estimate of drug-likeness (QED) is 0.234. The van der Waals surface area contributed by atoms with E-state index in [-0.39, 0.29) is 11.5 Å². The van der Waals surface area contributed by atoms with Gasteiger partial charge in [-0.05, 0) is 23.8 Å². The van der Waals surface area contributed by atoms with Crippen molar-refractivity contribution in [3.63, 3.8) is 0 Å². The van der Waals surface area contributed by atoms with Crippen LogP contribution in [-0.2, 0) is 14.3 Å². The molecular formula is C16H18O9. The number of hydrogen-bond donors (Lipinski definition) is 6. The van der Waals surface area contributed by atoms with E-state index in [4.69, 9.17) is 9.84 Å². The molecule has 0 spiro atoms. The highest BCUT2D eigenvalue weighted by Gasteiger charge is 2.50. The molecule has 2 rings (SSSR count). The summed E-state index contributed by atoms with van der Waals surface area (Å²) < 4.78 is 4.92. The summed E-state index contributed by atoms with van der Waals surface area (Å²) in [5, 5.41) is 57.0. The Labute approximate surface area is 142 Å². The molecule has 25 heavy (non-hydrogen) atoms. The SMILES string of the molecule is O=C(C=Cc1ccc(O)c(O)c1)OC1CC(O)(C(=O)O)C[C@H](O)C1O. The van der Waals surface area contributed by atoms with Gasteiger partial charge in [-0.1, -0.05) is 6.07 Å². The highest BCUT2D eigenvalue weighted by molar-refractivity contribution is 5.87. The van der Waals surface area contributed by atoms with Crippen molar-refractivity contribution in [1.82, 2.24) is 0 Å². The van der Waals surface area contributed by atoms with Crippen LogP contribution in [0.25, 0.3) is 6.08 Å². The maximum Gasteiger partial charge on any atom is 0.335 e. The molecule has 6 N–H and O–H groups in total. The lowest BCUT2D eigenvalue weighted by atomic mass is 9.79. The average Bonchev–Trinajstić information content (AvgIpc) is 2.53. The van der Waals surface area contributed by atoms with Gasteiger partial charge in [-0.15, -0.1) is 0 Å². The van der Waals surface area contributed by atoms with E-state index in [9.17, 15) is 35.1 Å². The molecule has 3 unspecified atom stereocenters. The minimum absolute atomic E-state index is 0.327. The minimum Gasteiger partial charge on any atom is -0.504 e. The summed E-state index contributed by atoms with van der Waals surface area (Å²) in [5.41, 5.74) is -1.94. The van der Waals surface area contributed by atoms with Crippen LogP contribution in [0.1, 0.15) is 18.4 Å². The van der Waals surface area contributed by atoms with Gasteiger partial charge in [-0.3, -0.25) is 0 Å². The Bertz CT molecular complexity index is 699. The van der Waals surface area contributed by atoms with Crippen molar-refractivity contribution in [1.29, 1.82) is 0 Å². The number of hydrogen-bond acceptors (Lipinski definition) is 8. The largest absolute Gasteiger partial charge is 0.504 e. The van der Waals surface area contributed by atoms with Gasteiger partial charge in [0.25, 0.3) is 0 Å². The molecular weight excluding hydrogens is 336 g/mol. The number of rotatable bonds is 4. The number of aliphatic carboxylic acids is 1. The van der Waals surface area contributed by atoms with Crippen molar-refractivity contribution in [3.8, 4) is 11.5 Å². The molecule has 0 aliphatic heterocycles. The molecule has 9 heteroatoms. The Morgan fingerprint density at radius 1 is 1.16 bits per heavy atom. The number of benzene rings is 1. The predicted molar refractivity (Wildman–Crippen MR) is 82.5 cm³/mol. The first-order chi connectivity index (χ1) is 11.6. The molecule has 0 amide bonds. The van der Waals surface area contributed by atoms with Crippen LogP contribution in [0.15, 0.2) is 24.3 Å². The molecule has 0 radical (unpaired) electrons. The third-order valence-electron chi connectivity index (χ3n) is 3.94. The highest BCUT2D eigenvalue weighted by Crippen LogP contribution is 2.31. The van der Waals surface area contributed by atoms with Gasteiger partial charge in [-0.2, -0.15) is 0 Å². The van der Waals surface area contributed by atoms with Crippen LogP contribution in [0, 0.1) is 0 Å². The van der Waals surface area contributed by atoms with Gasteiger partial charge < -0.3 is 35.4 Å². The predicted octanol–water partition coefficient (Wildman–Crippen LogP) is -0.646. The van der Waals surface area contributed by atoms with Gasteiger partial charge in [0.05, 0.1) is 6.10 Å². The lowest BCUT2D eigenvalue weighted by molar-refractivity contribution is -0.196. The molecule has 1 aliphatic carbocycles. The topological polar surface area (TPSA) is 165 Å². The molecule has 1 aromatic rings. The molecule has 136 valence electrons. The van der Waals surface area contributed by atoms with Crippen molar-refractivity contribution < 1.29 is 45.0 Å². The molecule has 0 saturated heterocycles. The number of phenolic OH excluding ortho intramolecular Hbond substituents is 2. The molecule has 9 nitrogen and oxygen atoms in total. The van der Waals surface area contributed by atoms with Gasteiger partial charge >= 0.3 is 11.9 Å². The van der Waals surface area contributed by atoms with Crippen molar-refractivity contribution >= 4 is 18.0 Å². The molecule has 1 saturated carbocycles. The minimum atomic E-state index is -2.31. The summed E-state index contributed by atoms with van der Waals surface area (Å²) in [6.07, 6.45) is -3.44. The number of carbonyl (C=O) groups excluding carboxylic acids is 1. The number of carbonyl (C=O) groups is 2. The van der Waals surface area contributed by atoms with Gasteiger partial charge in [-0.25, -0.2) is 9.59 Å². The zero-order valence-electron chi connectivity index (χ0n) is 12.9. The Balaban J connectivity index is 2.06. The van der Waals surface area contributed by atoms with E-state index in [2.05, 4.69) is 0 Å². The number of esters is 1. The number of ether oxygens (including phenoxy) is 1. The second kappa shape index (κ2) is 7.09. The van der Waals surface area contributed by atoms with Crippen molar-refractivity contribution in [2.75, 3.05) is 0 Å². The normalized spacial score (nSPS) is 29.5.